The van der Waals surface area contributed by atoms with Crippen LogP contribution in [0.25, 0.3) is 21.3 Å². The van der Waals surface area contributed by atoms with E-state index in [1.54, 1.807) is 67.1 Å². The summed E-state index contributed by atoms with van der Waals surface area (Å²) < 4.78 is 39.5. The lowest BCUT2D eigenvalue weighted by molar-refractivity contribution is -0.160. The van der Waals surface area contributed by atoms with E-state index in [0.29, 0.717) is 29.3 Å². The molecule has 0 fully saturated rings. The van der Waals surface area contributed by atoms with E-state index in [2.05, 4.69) is 52.2 Å². The van der Waals surface area contributed by atoms with Crippen molar-refractivity contribution in [2.75, 3.05) is 48.6 Å². The number of H-pyrrole nitrogens is 1. The van der Waals surface area contributed by atoms with Crippen molar-refractivity contribution in [1.29, 1.82) is 0 Å². The molecular formula is C65H84N14O18S5. The number of phenolic OH excluding ortho intramolecular Hbond substituents is 2. The van der Waals surface area contributed by atoms with Gasteiger partial charge in [-0.3, -0.25) is 57.3 Å². The van der Waals surface area contributed by atoms with Crippen molar-refractivity contribution in [3.8, 4) is 11.5 Å². The number of imide groups is 3. The molecule has 0 bridgehead atoms. The van der Waals surface area contributed by atoms with E-state index >= 15 is 19.2 Å². The molecule has 37 heteroatoms. The number of thioether (sulfide) groups is 2. The van der Waals surface area contributed by atoms with E-state index in [0.717, 1.165) is 29.3 Å². The van der Waals surface area contributed by atoms with Crippen LogP contribution in [0.5, 0.6) is 11.5 Å². The number of hydrogen-bond donors (Lipinski definition) is 14. The zero-order chi connectivity index (χ0) is 74.9. The zero-order valence-electron chi connectivity index (χ0n) is 55.9. The predicted molar refractivity (Wildman–Crippen MR) is 387 cm³/mol. The lowest BCUT2D eigenvalue weighted by atomic mass is 10.0. The largest absolute Gasteiger partial charge is 0.508 e. The third kappa shape index (κ3) is 28.5. The number of phenols is 2. The Morgan fingerprint density at radius 1 is 0.667 bits per heavy atom. The number of hydrogen-bond acceptors (Lipinski definition) is 23. The highest BCUT2D eigenvalue weighted by atomic mass is 33.1. The van der Waals surface area contributed by atoms with Crippen LogP contribution in [-0.2, 0) is 81.8 Å². The second-order valence-corrected chi connectivity index (χ2v) is 28.8. The lowest BCUT2D eigenvalue weighted by Gasteiger charge is -2.32. The Labute approximate surface area is 604 Å². The average Bonchev–Trinajstić information content (AvgIpc) is 1.01. The van der Waals surface area contributed by atoms with Gasteiger partial charge in [-0.05, 0) is 122 Å². The number of nitrogens with one attached hydrogen (secondary N) is 8. The van der Waals surface area contributed by atoms with E-state index in [9.17, 15) is 61.9 Å². The van der Waals surface area contributed by atoms with E-state index in [4.69, 9.17) is 21.2 Å². The number of aliphatic carboxylic acids is 1. The van der Waals surface area contributed by atoms with Gasteiger partial charge in [0.2, 0.25) is 35.4 Å². The SMILES string of the molecule is CSCC[C@H](NC(=O)[C@@H](N)Cc1ccc(O)cc1)C(=O)N[C@H](C(=O)N[C@@H](Cc1c[nH]c2ccccc12)C(=O)N(C(=O)[C@H](CCSC)NCCCCCC(=O)NC(Cc1ccccc1)C(N)=O)C(=O)[C@H](CC(=O)O)NC(=O)CCSSCCNC(=O)c1ccc(N=[N+]=[N-])cc1O)[C@@H](C)OS(=O)(=O)O. The van der Waals surface area contributed by atoms with Crippen LogP contribution >= 0.6 is 45.1 Å². The first kappa shape index (κ1) is 83.7. The fourth-order valence-corrected chi connectivity index (χ4v) is 13.5. The van der Waals surface area contributed by atoms with Crippen LogP contribution in [0, 0.1) is 0 Å². The van der Waals surface area contributed by atoms with Gasteiger partial charge in [0, 0.05) is 71.4 Å². The number of primary amides is 1. The maximum absolute atomic E-state index is 15.9. The highest BCUT2D eigenvalue weighted by Crippen LogP contribution is 2.26. The van der Waals surface area contributed by atoms with Gasteiger partial charge in [-0.2, -0.15) is 31.9 Å². The summed E-state index contributed by atoms with van der Waals surface area (Å²) in [5.74, 6) is -11.9. The van der Waals surface area contributed by atoms with Crippen LogP contribution in [0.15, 0.2) is 108 Å². The smallest absolute Gasteiger partial charge is 0.397 e. The third-order valence-corrected chi connectivity index (χ3v) is 19.6. The Kier molecular flexibility index (Phi) is 35.4. The quantitative estimate of drug-likeness (QED) is 0.00661. The van der Waals surface area contributed by atoms with Gasteiger partial charge in [-0.15, -0.1) is 0 Å². The van der Waals surface area contributed by atoms with Crippen LogP contribution in [-0.4, -0.2) is 200 Å². The molecule has 0 aliphatic rings. The van der Waals surface area contributed by atoms with Gasteiger partial charge in [0.15, 0.2) is 0 Å². The number of nitrogens with two attached hydrogens (primary N) is 2. The monoisotopic (exact) mass is 1510 g/mol. The summed E-state index contributed by atoms with van der Waals surface area (Å²) in [6, 6.07) is 13.4. The number of benzene rings is 4. The minimum Gasteiger partial charge on any atom is -0.508 e. The molecule has 0 radical (unpaired) electrons. The number of fused-ring (bicyclic) bond motifs is 1. The van der Waals surface area contributed by atoms with Crippen molar-refractivity contribution in [2.24, 2.45) is 16.6 Å². The predicted octanol–water partition coefficient (Wildman–Crippen LogP) is 3.58. The van der Waals surface area contributed by atoms with Crippen molar-refractivity contribution in [1.82, 2.24) is 47.1 Å². The van der Waals surface area contributed by atoms with E-state index in [1.807, 2.05) is 0 Å². The summed E-state index contributed by atoms with van der Waals surface area (Å²) in [6.45, 7) is 1.06. The summed E-state index contributed by atoms with van der Waals surface area (Å²) >= 11 is 2.54. The Balaban J connectivity index is 1.48. The van der Waals surface area contributed by atoms with Crippen molar-refractivity contribution in [3.63, 3.8) is 0 Å². The fraction of sp³-hybridized carbons (Fsp3) is 0.431. The number of carbonyl (C=O) groups is 11. The van der Waals surface area contributed by atoms with Crippen LogP contribution < -0.4 is 48.7 Å². The molecule has 0 aliphatic carbocycles. The Hall–Kier alpha value is -8.91. The number of unbranched alkanes of at least 4 members (excludes halogenated alkanes) is 2. The molecule has 0 saturated heterocycles. The fourth-order valence-electron chi connectivity index (χ4n) is 10.2. The summed E-state index contributed by atoms with van der Waals surface area (Å²) in [7, 11) is -3.09. The Bertz CT molecular complexity index is 3870. The van der Waals surface area contributed by atoms with E-state index in [-0.39, 0.29) is 109 Å². The molecule has 10 amide bonds. The molecule has 5 rings (SSSR count). The van der Waals surface area contributed by atoms with Crippen LogP contribution in [0.1, 0.15) is 85.3 Å². The van der Waals surface area contributed by atoms with Crippen LogP contribution in [0.3, 0.4) is 0 Å². The number of carbonyl (C=O) groups excluding carboxylic acids is 10. The van der Waals surface area contributed by atoms with Gasteiger partial charge < -0.3 is 69.0 Å². The molecule has 102 heavy (non-hydrogen) atoms. The number of aromatic nitrogens is 1. The maximum atomic E-state index is 15.9. The second kappa shape index (κ2) is 43.1. The summed E-state index contributed by atoms with van der Waals surface area (Å²) in [6.07, 6.45) is 1.48. The summed E-state index contributed by atoms with van der Waals surface area (Å²) in [5, 5.41) is 52.2. The number of aromatic hydroxyl groups is 2. The number of carboxylic acids is 1. The molecule has 1 unspecified atom stereocenters. The first-order chi connectivity index (χ1) is 48.6. The molecule has 8 atom stereocenters. The van der Waals surface area contributed by atoms with Crippen molar-refractivity contribution < 1.29 is 85.2 Å². The summed E-state index contributed by atoms with van der Waals surface area (Å²) in [5.41, 5.74) is 22.6. The van der Waals surface area contributed by atoms with Gasteiger partial charge in [0.1, 0.15) is 47.8 Å². The second-order valence-electron chi connectivity index (χ2n) is 23.1. The number of carboxylic acid groups (broad SMARTS) is 1. The Morgan fingerprint density at radius 2 is 1.28 bits per heavy atom. The zero-order valence-corrected chi connectivity index (χ0v) is 60.0. The van der Waals surface area contributed by atoms with Gasteiger partial charge in [0.25, 0.3) is 23.6 Å². The molecule has 1 aromatic heterocycles. The van der Waals surface area contributed by atoms with Crippen LogP contribution in [0.4, 0.5) is 5.69 Å². The molecule has 4 aromatic carbocycles. The lowest BCUT2D eigenvalue weighted by Crippen LogP contribution is -2.64. The van der Waals surface area contributed by atoms with E-state index in [1.165, 1.54) is 76.9 Å². The molecule has 552 valence electrons. The molecule has 32 nitrogen and oxygen atoms in total. The molecular weight excluding hydrogens is 1430 g/mol. The van der Waals surface area contributed by atoms with Gasteiger partial charge in [-0.25, -0.2) is 9.08 Å². The number of azide groups is 1. The van der Waals surface area contributed by atoms with Crippen molar-refractivity contribution >= 4 is 137 Å². The molecule has 0 saturated carbocycles. The maximum Gasteiger partial charge on any atom is 0.397 e. The number of amides is 10. The average molecular weight is 1510 g/mol. The van der Waals surface area contributed by atoms with Crippen molar-refractivity contribution in [3.05, 3.63) is 136 Å². The van der Waals surface area contributed by atoms with Gasteiger partial charge in [0.05, 0.1) is 24.1 Å². The van der Waals surface area contributed by atoms with E-state index < -0.39 is 142 Å². The van der Waals surface area contributed by atoms with Gasteiger partial charge >= 0.3 is 16.4 Å². The normalized spacial score (nSPS) is 13.6. The van der Waals surface area contributed by atoms with Crippen LogP contribution in [0.2, 0.25) is 0 Å². The van der Waals surface area contributed by atoms with Crippen molar-refractivity contribution in [2.45, 2.75) is 126 Å². The topological polar surface area (TPSA) is 516 Å². The Morgan fingerprint density at radius 3 is 1.94 bits per heavy atom. The molecule has 0 aliphatic heterocycles. The van der Waals surface area contributed by atoms with Gasteiger partial charge in [-0.1, -0.05) is 99.9 Å². The molecule has 0 spiro atoms. The standard InChI is InChI=1S/C65H84N14O18S5/c1-38(97-102(94,95)96)57(76-61(89)48(23-28-98-2)74-60(88)46(66)32-40-17-20-43(80)21-18-40)62(90)75-51(34-41-37-71-47-15-10-9-14-44(41)47)64(92)79(63(91)49(24-29-99-3)69-26-11-5-8-16-54(82)72-50(58(67)86)33-39-12-6-4-7-13-39)65(93)52(36-56(84)85)73-55(83)25-30-100-101-31-27-70-59(87)45-22-19-42(77-78-68)35-53(45)81/h4,6-7,9-10,12-15,17-22,35,37-38,46,48-52,57,69,71,80-81H,5,8,11,16,23-34,36,66H2,1-3H3,(H2,67,86)(H,70,87)(H,72,82)(H,73,83)(H,74,88)(H,75,90)(H,76,89)(H,84,85)(H,94,95,96)/t38-,46+,48+,49+,50?,51+,52+,57+/m1/s1. The number of rotatable bonds is 45. The number of para-hydroxylation sites is 1. The highest BCUT2D eigenvalue weighted by molar-refractivity contribution is 8.76. The highest BCUT2D eigenvalue weighted by Gasteiger charge is 2.44. The molecule has 5 aromatic rings. The minimum atomic E-state index is -5.45. The third-order valence-electron chi connectivity index (χ3n) is 15.4. The number of aromatic amines is 1. The first-order valence-electron chi connectivity index (χ1n) is 32.0. The first-order valence-corrected chi connectivity index (χ1v) is 38.6. The number of nitrogens with zero attached hydrogens (tertiary/aromatic N) is 4. The summed E-state index contributed by atoms with van der Waals surface area (Å²) in [4.78, 5) is 160. The minimum absolute atomic E-state index is 0.0146. The molecule has 1 heterocycles. The molecule has 16 N–H and O–H groups in total.